The van der Waals surface area contributed by atoms with Crippen LogP contribution in [-0.4, -0.2) is 6.26 Å². The molecule has 6 heavy (non-hydrogen) atoms. The highest BCUT2D eigenvalue weighted by molar-refractivity contribution is 7.97. The van der Waals surface area contributed by atoms with Crippen molar-refractivity contribution in [2.24, 2.45) is 15.0 Å². The summed E-state index contributed by atoms with van der Waals surface area (Å²) in [6, 6.07) is 0. The lowest BCUT2D eigenvalue weighted by molar-refractivity contribution is 0.932. The van der Waals surface area contributed by atoms with Crippen LogP contribution in [0.1, 0.15) is 0 Å². The fraction of sp³-hybridized carbons (Fsp3) is 1.00. The van der Waals surface area contributed by atoms with E-state index in [1.54, 1.807) is 6.26 Å². The molecule has 0 heterocycles. The lowest BCUT2D eigenvalue weighted by atomic mass is 12.0. The molecule has 0 unspecified atom stereocenters. The molecule has 0 amide bonds. The van der Waals surface area contributed by atoms with E-state index >= 15 is 0 Å². The zero-order valence-electron chi connectivity index (χ0n) is 3.25. The molecule has 34 valence electrons. The van der Waals surface area contributed by atoms with Crippen LogP contribution in [0.5, 0.6) is 0 Å². The Labute approximate surface area is 39.7 Å². The van der Waals surface area contributed by atoms with Crippen molar-refractivity contribution in [3.63, 3.8) is 0 Å². The Morgan fingerprint density at radius 3 is 2.50 bits per heavy atom. The molecule has 1 N–H and O–H groups in total. The molecule has 5 heteroatoms. The number of nitrogens with one attached hydrogen (secondary N) is 1. The Kier molecular flexibility index (Phi) is 4.21. The van der Waals surface area contributed by atoms with Gasteiger partial charge in [-0.1, -0.05) is 4.52 Å². The van der Waals surface area contributed by atoms with Gasteiger partial charge >= 0.3 is 0 Å². The van der Waals surface area contributed by atoms with Crippen molar-refractivity contribution >= 4 is 11.9 Å². The van der Waals surface area contributed by atoms with Crippen molar-refractivity contribution < 1.29 is 0 Å². The lowest BCUT2D eigenvalue weighted by Gasteiger charge is -1.65. The maximum atomic E-state index is 6.06. The van der Waals surface area contributed by atoms with E-state index < -0.39 is 0 Å². The summed E-state index contributed by atoms with van der Waals surface area (Å²) < 4.78 is 3.28. The van der Waals surface area contributed by atoms with Crippen LogP contribution in [0.15, 0.2) is 15.0 Å². The van der Waals surface area contributed by atoms with E-state index in [0.29, 0.717) is 0 Å². The van der Waals surface area contributed by atoms with Gasteiger partial charge in [0, 0.05) is 6.26 Å². The third kappa shape index (κ3) is 3.55. The van der Waals surface area contributed by atoms with Gasteiger partial charge in [0.05, 0.1) is 0 Å². The van der Waals surface area contributed by atoms with Crippen molar-refractivity contribution in [1.29, 1.82) is 5.53 Å². The summed E-state index contributed by atoms with van der Waals surface area (Å²) in [5.41, 5.74) is 6.06. The fourth-order valence-electron chi connectivity index (χ4n) is 0.0548. The SMILES string of the molecule is CSN=NN=N. The van der Waals surface area contributed by atoms with Crippen LogP contribution in [-0.2, 0) is 0 Å². The van der Waals surface area contributed by atoms with Crippen molar-refractivity contribution in [3.05, 3.63) is 0 Å². The summed E-state index contributed by atoms with van der Waals surface area (Å²) in [4.78, 5) is 0. The molecule has 0 spiro atoms. The van der Waals surface area contributed by atoms with E-state index in [4.69, 9.17) is 5.53 Å². The first-order chi connectivity index (χ1) is 2.91. The summed E-state index contributed by atoms with van der Waals surface area (Å²) in [5, 5.41) is 5.58. The van der Waals surface area contributed by atoms with E-state index in [2.05, 4.69) is 15.0 Å². The molecular weight excluding hydrogens is 100 g/mol. The molecule has 0 aromatic heterocycles. The summed E-state index contributed by atoms with van der Waals surface area (Å²) in [7, 11) is 0. The average molecular weight is 104 g/mol. The number of hydrogen-bond donors (Lipinski definition) is 1. The highest BCUT2D eigenvalue weighted by atomic mass is 32.2. The maximum Gasteiger partial charge on any atom is 0.00559 e. The first kappa shape index (κ1) is 5.55. The topological polar surface area (TPSA) is 60.9 Å². The largest absolute Gasteiger partial charge is 0.183 e. The molecule has 0 atom stereocenters. The Bertz CT molecular complexity index is 58.6. The van der Waals surface area contributed by atoms with Crippen LogP contribution in [0.25, 0.3) is 0 Å². The molecule has 0 aliphatic carbocycles. The molecule has 0 radical (unpaired) electrons. The van der Waals surface area contributed by atoms with Crippen LogP contribution in [0, 0.1) is 5.53 Å². The molecule has 0 saturated heterocycles. The van der Waals surface area contributed by atoms with Gasteiger partial charge in [0.2, 0.25) is 0 Å². The van der Waals surface area contributed by atoms with Gasteiger partial charge in [0.1, 0.15) is 0 Å². The van der Waals surface area contributed by atoms with E-state index in [1.807, 2.05) is 0 Å². The molecule has 0 bridgehead atoms. The van der Waals surface area contributed by atoms with E-state index in [9.17, 15) is 0 Å². The minimum atomic E-state index is 1.17. The van der Waals surface area contributed by atoms with Gasteiger partial charge < -0.3 is 0 Å². The predicted molar refractivity (Wildman–Crippen MR) is 23.5 cm³/mol. The van der Waals surface area contributed by atoms with Gasteiger partial charge in [-0.2, -0.15) is 5.53 Å². The zero-order valence-corrected chi connectivity index (χ0v) is 4.07. The highest BCUT2D eigenvalue weighted by Crippen LogP contribution is 1.92. The first-order valence-electron chi connectivity index (χ1n) is 1.21. The van der Waals surface area contributed by atoms with Crippen LogP contribution >= 0.6 is 11.9 Å². The zero-order chi connectivity index (χ0) is 4.83. The fourth-order valence-corrected chi connectivity index (χ4v) is 0.164. The van der Waals surface area contributed by atoms with E-state index in [1.165, 1.54) is 11.9 Å². The van der Waals surface area contributed by atoms with Crippen molar-refractivity contribution in [1.82, 2.24) is 0 Å². The number of nitrogens with zero attached hydrogens (tertiary/aromatic N) is 3. The van der Waals surface area contributed by atoms with E-state index in [0.717, 1.165) is 0 Å². The summed E-state index contributed by atoms with van der Waals surface area (Å²) in [5.74, 6) is 0. The minimum absolute atomic E-state index is 1.17. The van der Waals surface area contributed by atoms with E-state index in [-0.39, 0.29) is 0 Å². The second-order valence-corrected chi connectivity index (χ2v) is 0.982. The number of rotatable bonds is 2. The molecule has 0 aliphatic rings. The quantitative estimate of drug-likeness (QED) is 0.323. The molecule has 0 fully saturated rings. The van der Waals surface area contributed by atoms with Gasteiger partial charge in [-0.15, -0.1) is 0 Å². The molecule has 0 rings (SSSR count). The second kappa shape index (κ2) is 4.55. The maximum absolute atomic E-state index is 6.06. The van der Waals surface area contributed by atoms with Gasteiger partial charge in [-0.3, -0.25) is 0 Å². The monoisotopic (exact) mass is 104 g/mol. The molecule has 0 aromatic rings. The van der Waals surface area contributed by atoms with Crippen LogP contribution in [0.4, 0.5) is 0 Å². The van der Waals surface area contributed by atoms with Crippen molar-refractivity contribution in [3.8, 4) is 0 Å². The average Bonchev–Trinajstić information content (AvgIpc) is 1.61. The molecule has 4 nitrogen and oxygen atoms in total. The Morgan fingerprint density at radius 2 is 2.33 bits per heavy atom. The van der Waals surface area contributed by atoms with Gasteiger partial charge in [-0.05, 0) is 22.4 Å². The summed E-state index contributed by atoms with van der Waals surface area (Å²) >= 11 is 1.17. The summed E-state index contributed by atoms with van der Waals surface area (Å²) in [6.07, 6.45) is 1.74. The Balaban J connectivity index is 2.94. The normalized spacial score (nSPS) is 9.50. The van der Waals surface area contributed by atoms with Crippen molar-refractivity contribution in [2.75, 3.05) is 6.26 Å². The highest BCUT2D eigenvalue weighted by Gasteiger charge is 1.58. The standard InChI is InChI=1S/CH4N4S/c1-6-5-4-3-2/h2H,1H3. The van der Waals surface area contributed by atoms with Crippen LogP contribution in [0.3, 0.4) is 0 Å². The Hall–Kier alpha value is -0.450. The predicted octanol–water partition coefficient (Wildman–Crippen LogP) is 1.66. The van der Waals surface area contributed by atoms with Crippen LogP contribution < -0.4 is 0 Å². The molecule has 0 aliphatic heterocycles. The molecule has 0 aromatic carbocycles. The van der Waals surface area contributed by atoms with Crippen molar-refractivity contribution in [2.45, 2.75) is 0 Å². The third-order valence-corrected chi connectivity index (χ3v) is 0.399. The minimum Gasteiger partial charge on any atom is -0.183 e. The Morgan fingerprint density at radius 1 is 1.67 bits per heavy atom. The van der Waals surface area contributed by atoms with Gasteiger partial charge in [-0.25, -0.2) is 0 Å². The lowest BCUT2D eigenvalue weighted by Crippen LogP contribution is -1.37. The van der Waals surface area contributed by atoms with Gasteiger partial charge in [0.25, 0.3) is 0 Å². The first-order valence-corrected chi connectivity index (χ1v) is 2.40. The molecule has 0 saturated carbocycles. The molecular formula is CH4N4S. The number of hydrogen-bond acceptors (Lipinski definition) is 3. The van der Waals surface area contributed by atoms with Crippen LogP contribution in [0.2, 0.25) is 0 Å². The third-order valence-electron chi connectivity index (χ3n) is 0.163. The van der Waals surface area contributed by atoms with Gasteiger partial charge in [0.15, 0.2) is 0 Å². The second-order valence-electron chi connectivity index (χ2n) is 0.454. The smallest absolute Gasteiger partial charge is 0.00559 e. The summed E-state index contributed by atoms with van der Waals surface area (Å²) in [6.45, 7) is 0.